The number of aromatic nitrogens is 1. The number of carbonyl (C=O) groups excluding carboxylic acids is 1. The van der Waals surface area contributed by atoms with Crippen LogP contribution >= 0.6 is 11.3 Å². The van der Waals surface area contributed by atoms with Gasteiger partial charge in [0.1, 0.15) is 6.61 Å². The van der Waals surface area contributed by atoms with Crippen molar-refractivity contribution in [2.24, 2.45) is 0 Å². The first kappa shape index (κ1) is 13.2. The molecule has 0 atom stereocenters. The number of carbonyl (C=O) groups is 1. The summed E-state index contributed by atoms with van der Waals surface area (Å²) in [6.45, 7) is 4.51. The summed E-state index contributed by atoms with van der Waals surface area (Å²) >= 11 is 1.62. The van der Waals surface area contributed by atoms with Gasteiger partial charge in [0.25, 0.3) is 0 Å². The predicted molar refractivity (Wildman–Crippen MR) is 65.4 cm³/mol. The van der Waals surface area contributed by atoms with E-state index in [9.17, 15) is 4.79 Å². The molecule has 90 valence electrons. The standard InChI is InChI=1S/C12H19NO2S/c1-3-5-6-7-12(14)15-8-10-9-16-11(4-2)13-10/h9H,3-8H2,1-2H3. The van der Waals surface area contributed by atoms with Gasteiger partial charge in [-0.15, -0.1) is 11.3 Å². The van der Waals surface area contributed by atoms with Gasteiger partial charge in [0.05, 0.1) is 10.7 Å². The Kier molecular flexibility index (Phi) is 6.08. The maximum Gasteiger partial charge on any atom is 0.306 e. The normalized spacial score (nSPS) is 10.4. The van der Waals surface area contributed by atoms with Gasteiger partial charge < -0.3 is 4.74 Å². The highest BCUT2D eigenvalue weighted by Gasteiger charge is 2.05. The molecule has 3 nitrogen and oxygen atoms in total. The van der Waals surface area contributed by atoms with Crippen LogP contribution in [-0.2, 0) is 22.6 Å². The van der Waals surface area contributed by atoms with Gasteiger partial charge in [0, 0.05) is 11.8 Å². The average Bonchev–Trinajstić information content (AvgIpc) is 2.74. The molecule has 0 aliphatic rings. The van der Waals surface area contributed by atoms with Gasteiger partial charge in [0.15, 0.2) is 0 Å². The number of nitrogens with zero attached hydrogens (tertiary/aromatic N) is 1. The molecule has 0 aromatic carbocycles. The minimum Gasteiger partial charge on any atom is -0.459 e. The number of aryl methyl sites for hydroxylation is 1. The van der Waals surface area contributed by atoms with Gasteiger partial charge >= 0.3 is 5.97 Å². The molecular formula is C12H19NO2S. The quantitative estimate of drug-likeness (QED) is 0.543. The largest absolute Gasteiger partial charge is 0.459 e. The third-order valence-electron chi connectivity index (χ3n) is 2.27. The second-order valence-corrected chi connectivity index (χ2v) is 4.65. The van der Waals surface area contributed by atoms with E-state index in [4.69, 9.17) is 4.74 Å². The lowest BCUT2D eigenvalue weighted by Gasteiger charge is -2.01. The zero-order chi connectivity index (χ0) is 11.8. The first-order valence-corrected chi connectivity index (χ1v) is 6.73. The van der Waals surface area contributed by atoms with Crippen molar-refractivity contribution in [3.63, 3.8) is 0 Å². The molecule has 0 aliphatic carbocycles. The van der Waals surface area contributed by atoms with E-state index in [1.54, 1.807) is 11.3 Å². The zero-order valence-electron chi connectivity index (χ0n) is 9.99. The number of hydrogen-bond acceptors (Lipinski definition) is 4. The molecule has 1 rings (SSSR count). The summed E-state index contributed by atoms with van der Waals surface area (Å²) in [5, 5.41) is 3.05. The van der Waals surface area contributed by atoms with E-state index in [0.717, 1.165) is 36.4 Å². The molecule has 0 bridgehead atoms. The minimum absolute atomic E-state index is 0.112. The lowest BCUT2D eigenvalue weighted by molar-refractivity contribution is -0.145. The molecule has 4 heteroatoms. The first-order valence-electron chi connectivity index (χ1n) is 5.85. The van der Waals surface area contributed by atoms with Crippen molar-refractivity contribution < 1.29 is 9.53 Å². The molecule has 0 unspecified atom stereocenters. The topological polar surface area (TPSA) is 39.2 Å². The maximum atomic E-state index is 11.3. The molecule has 0 N–H and O–H groups in total. The average molecular weight is 241 g/mol. The zero-order valence-corrected chi connectivity index (χ0v) is 10.8. The molecule has 1 aromatic rings. The Hall–Kier alpha value is -0.900. The summed E-state index contributed by atoms with van der Waals surface area (Å²) in [6, 6.07) is 0. The van der Waals surface area contributed by atoms with E-state index in [0.29, 0.717) is 13.0 Å². The van der Waals surface area contributed by atoms with E-state index in [2.05, 4.69) is 18.8 Å². The van der Waals surface area contributed by atoms with Crippen molar-refractivity contribution in [2.45, 2.75) is 52.6 Å². The van der Waals surface area contributed by atoms with Crippen molar-refractivity contribution in [3.05, 3.63) is 16.1 Å². The van der Waals surface area contributed by atoms with E-state index in [-0.39, 0.29) is 5.97 Å². The van der Waals surface area contributed by atoms with Crippen molar-refractivity contribution in [1.29, 1.82) is 0 Å². The van der Waals surface area contributed by atoms with Gasteiger partial charge in [-0.1, -0.05) is 26.7 Å². The summed E-state index contributed by atoms with van der Waals surface area (Å²) in [5.74, 6) is -0.112. The number of esters is 1. The fraction of sp³-hybridized carbons (Fsp3) is 0.667. The predicted octanol–water partition coefficient (Wildman–Crippen LogP) is 3.33. The third kappa shape index (κ3) is 4.75. The minimum atomic E-state index is -0.112. The molecule has 1 heterocycles. The van der Waals surface area contributed by atoms with Crippen LogP contribution in [0.15, 0.2) is 5.38 Å². The highest BCUT2D eigenvalue weighted by molar-refractivity contribution is 7.09. The Bertz CT molecular complexity index is 323. The van der Waals surface area contributed by atoms with Gasteiger partial charge in [-0.2, -0.15) is 0 Å². The van der Waals surface area contributed by atoms with Crippen LogP contribution in [0, 0.1) is 0 Å². The fourth-order valence-electron chi connectivity index (χ4n) is 1.32. The number of hydrogen-bond donors (Lipinski definition) is 0. The van der Waals surface area contributed by atoms with Crippen LogP contribution in [0.5, 0.6) is 0 Å². The summed E-state index contributed by atoms with van der Waals surface area (Å²) < 4.78 is 5.14. The molecule has 0 fully saturated rings. The number of rotatable bonds is 7. The van der Waals surface area contributed by atoms with E-state index < -0.39 is 0 Å². The Labute approximate surface area is 101 Å². The van der Waals surface area contributed by atoms with Crippen molar-refractivity contribution in [1.82, 2.24) is 4.98 Å². The van der Waals surface area contributed by atoms with E-state index >= 15 is 0 Å². The molecule has 0 saturated heterocycles. The van der Waals surface area contributed by atoms with Gasteiger partial charge in [-0.3, -0.25) is 4.79 Å². The summed E-state index contributed by atoms with van der Waals surface area (Å²) in [4.78, 5) is 15.7. The molecule has 16 heavy (non-hydrogen) atoms. The fourth-order valence-corrected chi connectivity index (χ4v) is 2.05. The van der Waals surface area contributed by atoms with Gasteiger partial charge in [-0.25, -0.2) is 4.98 Å². The Morgan fingerprint density at radius 3 is 2.88 bits per heavy atom. The first-order chi connectivity index (χ1) is 7.76. The van der Waals surface area contributed by atoms with Crippen LogP contribution in [0.2, 0.25) is 0 Å². The highest BCUT2D eigenvalue weighted by Crippen LogP contribution is 2.11. The molecule has 0 spiro atoms. The van der Waals surface area contributed by atoms with Crippen LogP contribution in [0.1, 0.15) is 50.2 Å². The lowest BCUT2D eigenvalue weighted by Crippen LogP contribution is -2.04. The van der Waals surface area contributed by atoms with Gasteiger partial charge in [-0.05, 0) is 12.8 Å². The SMILES string of the molecule is CCCCCC(=O)OCc1csc(CC)n1. The summed E-state index contributed by atoms with van der Waals surface area (Å²) in [6.07, 6.45) is 4.60. The third-order valence-corrected chi connectivity index (χ3v) is 3.31. The van der Waals surface area contributed by atoms with Crippen LogP contribution in [0.3, 0.4) is 0 Å². The highest BCUT2D eigenvalue weighted by atomic mass is 32.1. The number of unbranched alkanes of at least 4 members (excludes halogenated alkanes) is 2. The van der Waals surface area contributed by atoms with Crippen LogP contribution in [-0.4, -0.2) is 11.0 Å². The Balaban J connectivity index is 2.20. The van der Waals surface area contributed by atoms with E-state index in [1.807, 2.05) is 5.38 Å². The lowest BCUT2D eigenvalue weighted by atomic mass is 10.2. The molecule has 1 aromatic heterocycles. The summed E-state index contributed by atoms with van der Waals surface area (Å²) in [7, 11) is 0. The smallest absolute Gasteiger partial charge is 0.306 e. The molecule has 0 radical (unpaired) electrons. The van der Waals surface area contributed by atoms with Crippen molar-refractivity contribution in [2.75, 3.05) is 0 Å². The van der Waals surface area contributed by atoms with Crippen LogP contribution in [0.4, 0.5) is 0 Å². The molecule has 0 saturated carbocycles. The van der Waals surface area contributed by atoms with Crippen LogP contribution < -0.4 is 0 Å². The Morgan fingerprint density at radius 2 is 2.25 bits per heavy atom. The second-order valence-electron chi connectivity index (χ2n) is 3.70. The molecule has 0 amide bonds. The van der Waals surface area contributed by atoms with Crippen molar-refractivity contribution >= 4 is 17.3 Å². The number of ether oxygens (including phenoxy) is 1. The molecular weight excluding hydrogens is 222 g/mol. The van der Waals surface area contributed by atoms with Gasteiger partial charge in [0.2, 0.25) is 0 Å². The van der Waals surface area contributed by atoms with Crippen LogP contribution in [0.25, 0.3) is 0 Å². The maximum absolute atomic E-state index is 11.3. The molecule has 0 aliphatic heterocycles. The summed E-state index contributed by atoms with van der Waals surface area (Å²) in [5.41, 5.74) is 0.866. The monoisotopic (exact) mass is 241 g/mol. The number of thiazole rings is 1. The Morgan fingerprint density at radius 1 is 1.44 bits per heavy atom. The van der Waals surface area contributed by atoms with E-state index in [1.165, 1.54) is 0 Å². The van der Waals surface area contributed by atoms with Crippen molar-refractivity contribution in [3.8, 4) is 0 Å². The second kappa shape index (κ2) is 7.39.